The van der Waals surface area contributed by atoms with Crippen LogP contribution in [0.3, 0.4) is 0 Å². The number of carbonyl (C=O) groups excluding carboxylic acids is 2. The van der Waals surface area contributed by atoms with Gasteiger partial charge in [0, 0.05) is 19.5 Å². The Hall–Kier alpha value is -1.99. The first-order valence-corrected chi connectivity index (χ1v) is 8.42. The van der Waals surface area contributed by atoms with E-state index in [0.717, 1.165) is 0 Å². The van der Waals surface area contributed by atoms with E-state index in [4.69, 9.17) is 14.6 Å². The number of nitrogens with one attached hydrogen (secondary N) is 1. The van der Waals surface area contributed by atoms with Gasteiger partial charge in [0.1, 0.15) is 11.2 Å². The van der Waals surface area contributed by atoms with Gasteiger partial charge in [-0.3, -0.25) is 4.79 Å². The van der Waals surface area contributed by atoms with E-state index in [1.54, 1.807) is 48.5 Å². The number of amides is 2. The van der Waals surface area contributed by atoms with Crippen molar-refractivity contribution in [3.05, 3.63) is 0 Å². The first-order valence-electron chi connectivity index (χ1n) is 8.42. The lowest BCUT2D eigenvalue weighted by Crippen LogP contribution is -2.48. The number of hydrogen-bond donors (Lipinski definition) is 2. The second kappa shape index (κ2) is 9.48. The molecule has 0 saturated heterocycles. The lowest BCUT2D eigenvalue weighted by Gasteiger charge is -2.30. The minimum atomic E-state index is -0.976. The van der Waals surface area contributed by atoms with Gasteiger partial charge in [0.2, 0.25) is 0 Å². The van der Waals surface area contributed by atoms with Gasteiger partial charge in [0.15, 0.2) is 0 Å². The third-order valence-corrected chi connectivity index (χ3v) is 2.90. The van der Waals surface area contributed by atoms with Crippen molar-refractivity contribution >= 4 is 18.2 Å². The molecule has 0 heterocycles. The normalized spacial score (nSPS) is 12.9. The number of aliphatic carboxylic acids is 1. The summed E-state index contributed by atoms with van der Waals surface area (Å²) in [6.07, 6.45) is -1.12. The molecule has 8 nitrogen and oxygen atoms in total. The quantitative estimate of drug-likeness (QED) is 0.723. The molecule has 0 bridgehead atoms. The molecule has 146 valence electrons. The molecule has 0 aromatic heterocycles. The lowest BCUT2D eigenvalue weighted by molar-refractivity contribution is -0.137. The second-order valence-electron chi connectivity index (χ2n) is 7.79. The molecule has 0 aliphatic heterocycles. The second-order valence-corrected chi connectivity index (χ2v) is 7.79. The highest BCUT2D eigenvalue weighted by Crippen LogP contribution is 2.12. The van der Waals surface area contributed by atoms with Gasteiger partial charge in [0.05, 0.1) is 6.04 Å². The molecular formula is C17H32N2O6. The Kier molecular flexibility index (Phi) is 8.73. The fourth-order valence-electron chi connectivity index (χ4n) is 1.91. The molecule has 1 unspecified atom stereocenters. The molecule has 1 atom stereocenters. The Labute approximate surface area is 149 Å². The third-order valence-electron chi connectivity index (χ3n) is 2.90. The molecule has 0 rings (SSSR count). The summed E-state index contributed by atoms with van der Waals surface area (Å²) in [4.78, 5) is 36.5. The van der Waals surface area contributed by atoms with E-state index in [2.05, 4.69) is 5.32 Å². The Balaban J connectivity index is 4.97. The first kappa shape index (κ1) is 23.0. The Bertz CT molecular complexity index is 465. The van der Waals surface area contributed by atoms with Crippen LogP contribution in [0.5, 0.6) is 0 Å². The third kappa shape index (κ3) is 12.1. The standard InChI is InChI=1S/C17H32N2O6/c1-8-19(15(23)25-17(5,6)7)11-12(9-10-13(20)21)18-14(22)24-16(2,3)4/h12H,8-11H2,1-7H3,(H,18,22)(H,20,21). The van der Waals surface area contributed by atoms with Crippen LogP contribution < -0.4 is 5.32 Å². The van der Waals surface area contributed by atoms with Crippen molar-refractivity contribution in [2.24, 2.45) is 0 Å². The van der Waals surface area contributed by atoms with Crippen LogP contribution in [-0.4, -0.2) is 58.5 Å². The topological polar surface area (TPSA) is 105 Å². The van der Waals surface area contributed by atoms with Crippen LogP contribution in [0.15, 0.2) is 0 Å². The minimum Gasteiger partial charge on any atom is -0.481 e. The lowest BCUT2D eigenvalue weighted by atomic mass is 10.1. The van der Waals surface area contributed by atoms with Gasteiger partial charge < -0.3 is 24.8 Å². The summed E-state index contributed by atoms with van der Waals surface area (Å²) in [6, 6.07) is -0.557. The van der Waals surface area contributed by atoms with Crippen molar-refractivity contribution < 1.29 is 29.0 Å². The zero-order valence-corrected chi connectivity index (χ0v) is 16.3. The van der Waals surface area contributed by atoms with Crippen LogP contribution >= 0.6 is 0 Å². The molecule has 0 radical (unpaired) electrons. The highest BCUT2D eigenvalue weighted by Gasteiger charge is 2.26. The SMILES string of the molecule is CCN(CC(CCC(=O)O)NC(=O)OC(C)(C)C)C(=O)OC(C)(C)C. The number of hydrogen-bond acceptors (Lipinski definition) is 5. The van der Waals surface area contributed by atoms with Crippen molar-refractivity contribution in [2.75, 3.05) is 13.1 Å². The average molecular weight is 360 g/mol. The van der Waals surface area contributed by atoms with Crippen LogP contribution in [0.2, 0.25) is 0 Å². The van der Waals surface area contributed by atoms with E-state index in [9.17, 15) is 14.4 Å². The summed E-state index contributed by atoms with van der Waals surface area (Å²) in [6.45, 7) is 12.8. The molecule has 25 heavy (non-hydrogen) atoms. The van der Waals surface area contributed by atoms with Gasteiger partial charge in [-0.15, -0.1) is 0 Å². The zero-order valence-electron chi connectivity index (χ0n) is 16.3. The molecule has 0 spiro atoms. The smallest absolute Gasteiger partial charge is 0.410 e. The number of alkyl carbamates (subject to hydrolysis) is 1. The van der Waals surface area contributed by atoms with Crippen molar-refractivity contribution in [3.63, 3.8) is 0 Å². The van der Waals surface area contributed by atoms with Gasteiger partial charge in [-0.05, 0) is 54.9 Å². The molecular weight excluding hydrogens is 328 g/mol. The number of likely N-dealkylation sites (N-methyl/N-ethyl adjacent to an activating group) is 1. The highest BCUT2D eigenvalue weighted by molar-refractivity contribution is 5.70. The van der Waals surface area contributed by atoms with E-state index < -0.39 is 35.4 Å². The summed E-state index contributed by atoms with van der Waals surface area (Å²) < 4.78 is 10.5. The molecule has 0 fully saturated rings. The van der Waals surface area contributed by atoms with Crippen LogP contribution in [0.25, 0.3) is 0 Å². The Morgan fingerprint density at radius 2 is 1.56 bits per heavy atom. The van der Waals surface area contributed by atoms with Crippen molar-refractivity contribution in [1.29, 1.82) is 0 Å². The molecule has 8 heteroatoms. The van der Waals surface area contributed by atoms with Crippen molar-refractivity contribution in [2.45, 2.75) is 78.6 Å². The number of nitrogens with zero attached hydrogens (tertiary/aromatic N) is 1. The molecule has 0 saturated carbocycles. The monoisotopic (exact) mass is 360 g/mol. The number of rotatable bonds is 7. The maximum absolute atomic E-state index is 12.2. The maximum atomic E-state index is 12.2. The summed E-state index contributed by atoms with van der Waals surface area (Å²) >= 11 is 0. The van der Waals surface area contributed by atoms with Crippen molar-refractivity contribution in [1.82, 2.24) is 10.2 Å². The molecule has 0 aromatic carbocycles. The molecule has 0 aliphatic rings. The molecule has 2 N–H and O–H groups in total. The van der Waals surface area contributed by atoms with E-state index in [0.29, 0.717) is 6.54 Å². The largest absolute Gasteiger partial charge is 0.481 e. The Morgan fingerprint density at radius 1 is 1.04 bits per heavy atom. The van der Waals surface area contributed by atoms with E-state index in [-0.39, 0.29) is 19.4 Å². The van der Waals surface area contributed by atoms with Crippen LogP contribution in [-0.2, 0) is 14.3 Å². The number of ether oxygens (including phenoxy) is 2. The molecule has 0 aliphatic carbocycles. The Morgan fingerprint density at radius 3 is 1.96 bits per heavy atom. The molecule has 2 amide bonds. The van der Waals surface area contributed by atoms with Gasteiger partial charge in [-0.1, -0.05) is 0 Å². The van der Waals surface area contributed by atoms with E-state index in [1.807, 2.05) is 0 Å². The summed E-state index contributed by atoms with van der Waals surface area (Å²) in [5.41, 5.74) is -1.31. The number of carboxylic acids is 1. The number of carboxylic acid groups (broad SMARTS) is 1. The van der Waals surface area contributed by atoms with E-state index >= 15 is 0 Å². The van der Waals surface area contributed by atoms with Crippen LogP contribution in [0, 0.1) is 0 Å². The number of carbonyl (C=O) groups is 3. The van der Waals surface area contributed by atoms with Gasteiger partial charge in [0.25, 0.3) is 0 Å². The van der Waals surface area contributed by atoms with Gasteiger partial charge in [-0.2, -0.15) is 0 Å². The maximum Gasteiger partial charge on any atom is 0.410 e. The van der Waals surface area contributed by atoms with Crippen LogP contribution in [0.1, 0.15) is 61.3 Å². The minimum absolute atomic E-state index is 0.133. The molecule has 0 aromatic rings. The summed E-state index contributed by atoms with van der Waals surface area (Å²) in [7, 11) is 0. The first-order chi connectivity index (χ1) is 11.2. The van der Waals surface area contributed by atoms with Crippen molar-refractivity contribution in [3.8, 4) is 0 Å². The predicted octanol–water partition coefficient (Wildman–Crippen LogP) is 3.00. The zero-order chi connectivity index (χ0) is 19.8. The predicted molar refractivity (Wildman–Crippen MR) is 93.5 cm³/mol. The average Bonchev–Trinajstić information content (AvgIpc) is 2.37. The fraction of sp³-hybridized carbons (Fsp3) is 0.824. The van der Waals surface area contributed by atoms with Gasteiger partial charge in [-0.25, -0.2) is 9.59 Å². The fourth-order valence-corrected chi connectivity index (χ4v) is 1.91. The van der Waals surface area contributed by atoms with E-state index in [1.165, 1.54) is 4.90 Å². The summed E-state index contributed by atoms with van der Waals surface area (Å²) in [5, 5.41) is 11.5. The summed E-state index contributed by atoms with van der Waals surface area (Å²) in [5.74, 6) is -0.976. The highest BCUT2D eigenvalue weighted by atomic mass is 16.6. The van der Waals surface area contributed by atoms with Crippen LogP contribution in [0.4, 0.5) is 9.59 Å². The van der Waals surface area contributed by atoms with Gasteiger partial charge >= 0.3 is 18.2 Å².